The van der Waals surface area contributed by atoms with Crippen LogP contribution in [-0.4, -0.2) is 87.0 Å². The normalized spacial score (nSPS) is 44.5. The lowest BCUT2D eigenvalue weighted by molar-refractivity contribution is -0.127. The fourth-order valence-electron chi connectivity index (χ4n) is 6.53. The van der Waals surface area contributed by atoms with Gasteiger partial charge in [-0.15, -0.1) is 0 Å². The highest BCUT2D eigenvalue weighted by molar-refractivity contribution is 5.79. The van der Waals surface area contributed by atoms with Gasteiger partial charge < -0.3 is 20.7 Å². The first kappa shape index (κ1) is 23.8. The van der Waals surface area contributed by atoms with Crippen LogP contribution >= 0.6 is 0 Å². The molecule has 2 aliphatic carbocycles. The molecule has 0 aromatic heterocycles. The van der Waals surface area contributed by atoms with Crippen LogP contribution in [0.25, 0.3) is 0 Å². The van der Waals surface area contributed by atoms with Crippen LogP contribution in [0.4, 0.5) is 4.39 Å². The molecule has 3 aliphatic heterocycles. The molecule has 0 bridgehead atoms. The molecular formula is C23H42FN7O2. The van der Waals surface area contributed by atoms with Gasteiger partial charge in [-0.25, -0.2) is 15.2 Å². The maximum absolute atomic E-state index is 13.7. The Balaban J connectivity index is 1.06. The molecule has 10 heteroatoms. The predicted molar refractivity (Wildman–Crippen MR) is 124 cm³/mol. The molecule has 5 aliphatic rings. The number of ether oxygens (including phenoxy) is 1. The van der Waals surface area contributed by atoms with Crippen LogP contribution in [0.1, 0.15) is 51.4 Å². The summed E-state index contributed by atoms with van der Waals surface area (Å²) in [5.41, 5.74) is 6.89. The van der Waals surface area contributed by atoms with Gasteiger partial charge in [0.1, 0.15) is 6.17 Å². The second-order valence-electron chi connectivity index (χ2n) is 10.7. The van der Waals surface area contributed by atoms with E-state index in [1.54, 1.807) is 0 Å². The van der Waals surface area contributed by atoms with E-state index in [1.165, 1.54) is 0 Å². The molecule has 2 saturated carbocycles. The maximum Gasteiger partial charge on any atom is 0.223 e. The zero-order chi connectivity index (χ0) is 22.8. The highest BCUT2D eigenvalue weighted by Gasteiger charge is 2.43. The van der Waals surface area contributed by atoms with Crippen LogP contribution in [0.2, 0.25) is 0 Å². The first-order valence-electron chi connectivity index (χ1n) is 13.0. The second-order valence-corrected chi connectivity index (χ2v) is 10.7. The van der Waals surface area contributed by atoms with Gasteiger partial charge in [-0.3, -0.25) is 15.0 Å². The lowest BCUT2D eigenvalue weighted by atomic mass is 9.81. The van der Waals surface area contributed by atoms with Crippen LogP contribution in [-0.2, 0) is 9.53 Å². The first-order chi connectivity index (χ1) is 16.1. The van der Waals surface area contributed by atoms with Gasteiger partial charge in [-0.2, -0.15) is 0 Å². The summed E-state index contributed by atoms with van der Waals surface area (Å²) in [5, 5.41) is 13.9. The van der Waals surface area contributed by atoms with Crippen molar-refractivity contribution in [3.8, 4) is 0 Å². The van der Waals surface area contributed by atoms with E-state index in [2.05, 4.69) is 44.1 Å². The average Bonchev–Trinajstić information content (AvgIpc) is 3.41. The summed E-state index contributed by atoms with van der Waals surface area (Å²) in [4.78, 5) is 15.4. The third kappa shape index (κ3) is 5.52. The Bertz CT molecular complexity index is 667. The molecule has 188 valence electrons. The molecule has 9 nitrogen and oxygen atoms in total. The van der Waals surface area contributed by atoms with Crippen molar-refractivity contribution in [2.24, 2.45) is 11.8 Å². The zero-order valence-corrected chi connectivity index (χ0v) is 19.8. The van der Waals surface area contributed by atoms with Crippen LogP contribution in [0, 0.1) is 11.8 Å². The number of amides is 1. The Hall–Kier alpha value is -0.880. The van der Waals surface area contributed by atoms with Crippen LogP contribution in [0.5, 0.6) is 0 Å². The average molecular weight is 468 g/mol. The second kappa shape index (κ2) is 10.8. The molecule has 3 heterocycles. The Morgan fingerprint density at radius 2 is 2.06 bits per heavy atom. The molecule has 5 fully saturated rings. The minimum absolute atomic E-state index is 0.0202. The molecule has 8 unspecified atom stereocenters. The van der Waals surface area contributed by atoms with Gasteiger partial charge in [0.05, 0.1) is 31.1 Å². The lowest BCUT2D eigenvalue weighted by Gasteiger charge is -2.35. The summed E-state index contributed by atoms with van der Waals surface area (Å²) in [6, 6.07) is 0.831. The van der Waals surface area contributed by atoms with Crippen LogP contribution < -0.4 is 32.1 Å². The van der Waals surface area contributed by atoms with Gasteiger partial charge in [0.15, 0.2) is 0 Å². The fraction of sp³-hybridized carbons (Fsp3) is 0.957. The largest absolute Gasteiger partial charge is 0.376 e. The minimum Gasteiger partial charge on any atom is -0.376 e. The monoisotopic (exact) mass is 467 g/mol. The number of carbonyl (C=O) groups excluding carboxylic acids is 1. The van der Waals surface area contributed by atoms with E-state index >= 15 is 0 Å². The summed E-state index contributed by atoms with van der Waals surface area (Å²) in [6.07, 6.45) is 6.73. The summed E-state index contributed by atoms with van der Waals surface area (Å²) < 4.78 is 19.5. The van der Waals surface area contributed by atoms with E-state index < -0.39 is 6.17 Å². The molecule has 6 N–H and O–H groups in total. The number of halogens is 1. The van der Waals surface area contributed by atoms with Crippen molar-refractivity contribution < 1.29 is 13.9 Å². The van der Waals surface area contributed by atoms with Crippen molar-refractivity contribution in [2.45, 2.75) is 94.1 Å². The molecule has 5 rings (SSSR count). The Kier molecular flexibility index (Phi) is 7.81. The summed E-state index contributed by atoms with van der Waals surface area (Å²) in [5.74, 6) is 0.483. The SMILES string of the molecule is CN1C(CNC2CCCC(C(=O)N[C@@H]3COC4CC(F)CCC43)C2)NNC1C1CCNCN1. The Labute approximate surface area is 196 Å². The third-order valence-corrected chi connectivity index (χ3v) is 8.59. The van der Waals surface area contributed by atoms with E-state index in [1.807, 2.05) is 0 Å². The maximum atomic E-state index is 13.7. The molecular weight excluding hydrogens is 425 g/mol. The summed E-state index contributed by atoms with van der Waals surface area (Å²) >= 11 is 0. The number of rotatable bonds is 6. The number of fused-ring (bicyclic) bond motifs is 1. The van der Waals surface area contributed by atoms with Crippen molar-refractivity contribution in [1.29, 1.82) is 0 Å². The standard InChI is InChI=1S/C23H42FN7O2/c1-31-21(29-30-22(31)18-7-8-25-13-27-18)11-26-16-4-2-3-14(9-16)23(32)28-19-12-33-20-10-15(24)5-6-17(19)20/h14-22,25-27,29-30H,2-13H2,1H3,(H,28,32)/t14?,15?,16?,17?,18?,19-,20?,21?,22?/m1/s1. The number of hydrazine groups is 1. The highest BCUT2D eigenvalue weighted by Crippen LogP contribution is 2.36. The van der Waals surface area contributed by atoms with E-state index in [0.717, 1.165) is 58.3 Å². The van der Waals surface area contributed by atoms with Crippen molar-refractivity contribution in [1.82, 2.24) is 37.0 Å². The summed E-state index contributed by atoms with van der Waals surface area (Å²) in [7, 11) is 2.16. The van der Waals surface area contributed by atoms with Gasteiger partial charge >= 0.3 is 0 Å². The van der Waals surface area contributed by atoms with Crippen molar-refractivity contribution in [3.05, 3.63) is 0 Å². The molecule has 9 atom stereocenters. The predicted octanol–water partition coefficient (Wildman–Crippen LogP) is -0.243. The molecule has 3 saturated heterocycles. The van der Waals surface area contributed by atoms with Crippen molar-refractivity contribution >= 4 is 5.91 Å². The molecule has 0 radical (unpaired) electrons. The minimum atomic E-state index is -0.749. The molecule has 1 amide bonds. The molecule has 0 aromatic rings. The third-order valence-electron chi connectivity index (χ3n) is 8.59. The number of hydrogen-bond donors (Lipinski definition) is 6. The van der Waals surface area contributed by atoms with Gasteiger partial charge in [0.25, 0.3) is 0 Å². The number of alkyl halides is 1. The number of nitrogens with zero attached hydrogens (tertiary/aromatic N) is 1. The van der Waals surface area contributed by atoms with Gasteiger partial charge in [-0.1, -0.05) is 6.42 Å². The topological polar surface area (TPSA) is 102 Å². The molecule has 0 aromatic carbocycles. The Morgan fingerprint density at radius 3 is 2.91 bits per heavy atom. The van der Waals surface area contributed by atoms with Crippen molar-refractivity contribution in [2.75, 3.05) is 33.4 Å². The molecule has 33 heavy (non-hydrogen) atoms. The van der Waals surface area contributed by atoms with E-state index in [-0.39, 0.29) is 42.2 Å². The number of nitrogens with one attached hydrogen (secondary N) is 6. The van der Waals surface area contributed by atoms with E-state index in [4.69, 9.17) is 4.74 Å². The summed E-state index contributed by atoms with van der Waals surface area (Å²) in [6.45, 7) is 3.27. The smallest absolute Gasteiger partial charge is 0.223 e. The fourth-order valence-corrected chi connectivity index (χ4v) is 6.53. The van der Waals surface area contributed by atoms with Crippen LogP contribution in [0.15, 0.2) is 0 Å². The van der Waals surface area contributed by atoms with E-state index in [9.17, 15) is 9.18 Å². The van der Waals surface area contributed by atoms with Gasteiger partial charge in [-0.05, 0) is 52.1 Å². The number of likely N-dealkylation sites (N-methyl/N-ethyl adjacent to an activating group) is 1. The Morgan fingerprint density at radius 1 is 1.15 bits per heavy atom. The number of carbonyl (C=O) groups is 1. The van der Waals surface area contributed by atoms with Crippen molar-refractivity contribution in [3.63, 3.8) is 0 Å². The first-order valence-corrected chi connectivity index (χ1v) is 13.0. The van der Waals surface area contributed by atoms with E-state index in [0.29, 0.717) is 31.5 Å². The quantitative estimate of drug-likeness (QED) is 0.318. The highest BCUT2D eigenvalue weighted by atomic mass is 19.1. The van der Waals surface area contributed by atoms with Gasteiger partial charge in [0.2, 0.25) is 5.91 Å². The van der Waals surface area contributed by atoms with Crippen LogP contribution in [0.3, 0.4) is 0 Å². The van der Waals surface area contributed by atoms with Gasteiger partial charge in [0, 0.05) is 43.6 Å². The molecule has 0 spiro atoms. The lowest BCUT2D eigenvalue weighted by Crippen LogP contribution is -2.58. The number of hydrogen-bond acceptors (Lipinski definition) is 8. The zero-order valence-electron chi connectivity index (χ0n) is 19.8.